The molecule has 1 atom stereocenters. The highest BCUT2D eigenvalue weighted by atomic mass is 19.4. The monoisotopic (exact) mass is 609 g/mol. The van der Waals surface area contributed by atoms with Crippen LogP contribution in [-0.2, 0) is 11.2 Å². The van der Waals surface area contributed by atoms with E-state index in [-0.39, 0.29) is 29.6 Å². The van der Waals surface area contributed by atoms with Crippen LogP contribution in [0.15, 0.2) is 66.9 Å². The van der Waals surface area contributed by atoms with Gasteiger partial charge in [0.25, 0.3) is 5.91 Å². The van der Waals surface area contributed by atoms with Gasteiger partial charge in [0.1, 0.15) is 18.1 Å². The molecule has 1 aliphatic heterocycles. The summed E-state index contributed by atoms with van der Waals surface area (Å²) in [5, 5.41) is 9.37. The molecule has 2 aliphatic rings. The number of carboxylic acid groups (broad SMARTS) is 1. The van der Waals surface area contributed by atoms with E-state index >= 15 is 0 Å². The lowest BCUT2D eigenvalue weighted by Crippen LogP contribution is -2.41. The summed E-state index contributed by atoms with van der Waals surface area (Å²) in [7, 11) is 0. The Morgan fingerprint density at radius 2 is 1.82 bits per heavy atom. The van der Waals surface area contributed by atoms with E-state index in [2.05, 4.69) is 9.88 Å². The molecular weight excluding hydrogens is 571 g/mol. The predicted molar refractivity (Wildman–Crippen MR) is 162 cm³/mol. The second-order valence-corrected chi connectivity index (χ2v) is 11.8. The molecule has 0 radical (unpaired) electrons. The molecule has 2 fully saturated rings. The summed E-state index contributed by atoms with van der Waals surface area (Å²) in [4.78, 5) is 31.9. The fraction of sp³-hybridized carbons (Fsp3) is 0.441. The first-order valence-electron chi connectivity index (χ1n) is 15.2. The lowest BCUT2D eigenvalue weighted by Gasteiger charge is -2.35. The van der Waals surface area contributed by atoms with Crippen LogP contribution in [-0.4, -0.2) is 54.4 Å². The standard InChI is InChI=1S/C34H38F3N3O4/c1-2-23-9-12-28(33(43)40(22-34(35,36)37)31-8-3-4-15-38-31)30(18-23)39-16-13-24(14-17-39)21-44-27-7-5-6-26(19-27)29(20-32(41)42)25-10-11-25/h3-9,12,15,18-19,24-25,29H,2,10-11,13-14,16-17,20-22H2,1H3,(H,41,42). The highest BCUT2D eigenvalue weighted by Crippen LogP contribution is 2.45. The Bertz CT molecular complexity index is 1440. The van der Waals surface area contributed by atoms with Crippen LogP contribution in [0.3, 0.4) is 0 Å². The normalized spacial score (nSPS) is 16.4. The van der Waals surface area contributed by atoms with Gasteiger partial charge in [-0.2, -0.15) is 13.2 Å². The zero-order valence-corrected chi connectivity index (χ0v) is 24.8. The molecule has 0 spiro atoms. The Morgan fingerprint density at radius 3 is 2.45 bits per heavy atom. The summed E-state index contributed by atoms with van der Waals surface area (Å²) in [6.45, 7) is 2.33. The molecule has 10 heteroatoms. The van der Waals surface area contributed by atoms with Crippen molar-refractivity contribution in [3.8, 4) is 5.75 Å². The molecule has 44 heavy (non-hydrogen) atoms. The average molecular weight is 610 g/mol. The van der Waals surface area contributed by atoms with Crippen LogP contribution in [0, 0.1) is 11.8 Å². The second kappa shape index (κ2) is 13.7. The van der Waals surface area contributed by atoms with Crippen molar-refractivity contribution in [2.24, 2.45) is 11.8 Å². The SMILES string of the molecule is CCc1ccc(C(=O)N(CC(F)(F)F)c2ccccn2)c(N2CCC(COc3cccc(C(CC(=O)O)C4CC4)c3)CC2)c1. The molecule has 5 rings (SSSR count). The summed E-state index contributed by atoms with van der Waals surface area (Å²) in [5.74, 6) is -0.180. The summed E-state index contributed by atoms with van der Waals surface area (Å²) < 4.78 is 46.9. The Hall–Kier alpha value is -4.08. The number of hydrogen-bond acceptors (Lipinski definition) is 5. The lowest BCUT2D eigenvalue weighted by molar-refractivity contribution is -0.137. The topological polar surface area (TPSA) is 83.0 Å². The Kier molecular flexibility index (Phi) is 9.76. The molecule has 234 valence electrons. The number of alkyl halides is 3. The van der Waals surface area contributed by atoms with Gasteiger partial charge in [0.2, 0.25) is 0 Å². The molecule has 2 heterocycles. The zero-order valence-electron chi connectivity index (χ0n) is 24.8. The molecule has 0 bridgehead atoms. The van der Waals surface area contributed by atoms with E-state index in [4.69, 9.17) is 4.74 Å². The minimum absolute atomic E-state index is 0.000178. The number of ether oxygens (including phenoxy) is 1. The first-order valence-corrected chi connectivity index (χ1v) is 15.2. The third kappa shape index (κ3) is 8.09. The molecule has 1 N–H and O–H groups in total. The van der Waals surface area contributed by atoms with Crippen LogP contribution in [0.4, 0.5) is 24.7 Å². The minimum atomic E-state index is -4.59. The van der Waals surface area contributed by atoms with Crippen molar-refractivity contribution in [2.75, 3.05) is 36.0 Å². The van der Waals surface area contributed by atoms with E-state index < -0.39 is 24.6 Å². The molecule has 1 unspecified atom stereocenters. The number of piperidine rings is 1. The molecule has 2 aromatic carbocycles. The number of aromatic nitrogens is 1. The number of carboxylic acids is 1. The quantitative estimate of drug-likeness (QED) is 0.236. The summed E-state index contributed by atoms with van der Waals surface area (Å²) >= 11 is 0. The van der Waals surface area contributed by atoms with Gasteiger partial charge in [-0.25, -0.2) is 4.98 Å². The fourth-order valence-corrected chi connectivity index (χ4v) is 5.97. The lowest BCUT2D eigenvalue weighted by atomic mass is 9.91. The van der Waals surface area contributed by atoms with Crippen LogP contribution < -0.4 is 14.5 Å². The average Bonchev–Trinajstić information content (AvgIpc) is 3.87. The van der Waals surface area contributed by atoms with E-state index in [9.17, 15) is 27.9 Å². The number of rotatable bonds is 12. The number of anilines is 2. The first kappa shape index (κ1) is 31.3. The van der Waals surface area contributed by atoms with Crippen LogP contribution >= 0.6 is 0 Å². The van der Waals surface area contributed by atoms with Crippen LogP contribution in [0.2, 0.25) is 0 Å². The smallest absolute Gasteiger partial charge is 0.406 e. The van der Waals surface area contributed by atoms with Crippen molar-refractivity contribution >= 4 is 23.4 Å². The number of carbonyl (C=O) groups is 2. The number of nitrogens with zero attached hydrogens (tertiary/aromatic N) is 3. The maximum absolute atomic E-state index is 13.7. The number of aliphatic carboxylic acids is 1. The maximum Gasteiger partial charge on any atom is 0.406 e. The summed E-state index contributed by atoms with van der Waals surface area (Å²) in [6.07, 6.45) is 1.32. The number of aryl methyl sites for hydroxylation is 1. The molecule has 3 aromatic rings. The molecule has 1 saturated carbocycles. The molecule has 1 saturated heterocycles. The van der Waals surface area contributed by atoms with Gasteiger partial charge in [-0.3, -0.25) is 14.5 Å². The van der Waals surface area contributed by atoms with Gasteiger partial charge in [0.05, 0.1) is 18.6 Å². The highest BCUT2D eigenvalue weighted by Gasteiger charge is 2.36. The number of benzene rings is 2. The van der Waals surface area contributed by atoms with Gasteiger partial charge >= 0.3 is 12.1 Å². The zero-order chi connectivity index (χ0) is 31.3. The molecule has 1 aliphatic carbocycles. The number of halogens is 3. The Labute approximate surface area is 255 Å². The van der Waals surface area contributed by atoms with Gasteiger partial charge in [-0.05, 0) is 97.4 Å². The van der Waals surface area contributed by atoms with Crippen LogP contribution in [0.1, 0.15) is 66.4 Å². The van der Waals surface area contributed by atoms with E-state index in [0.29, 0.717) is 36.2 Å². The van der Waals surface area contributed by atoms with Gasteiger partial charge in [0, 0.05) is 25.0 Å². The van der Waals surface area contributed by atoms with Gasteiger partial charge < -0.3 is 14.7 Å². The van der Waals surface area contributed by atoms with Crippen molar-refractivity contribution in [3.05, 3.63) is 83.6 Å². The third-order valence-electron chi connectivity index (χ3n) is 8.52. The largest absolute Gasteiger partial charge is 0.493 e. The van der Waals surface area contributed by atoms with Crippen molar-refractivity contribution in [3.63, 3.8) is 0 Å². The van der Waals surface area contributed by atoms with Crippen LogP contribution in [0.25, 0.3) is 0 Å². The summed E-state index contributed by atoms with van der Waals surface area (Å²) in [5.41, 5.74) is 2.85. The number of hydrogen-bond donors (Lipinski definition) is 1. The van der Waals surface area contributed by atoms with Crippen molar-refractivity contribution in [2.45, 2.75) is 57.5 Å². The first-order chi connectivity index (χ1) is 21.1. The molecule has 1 aromatic heterocycles. The number of amides is 1. The van der Waals surface area contributed by atoms with E-state index in [1.807, 2.05) is 37.3 Å². The van der Waals surface area contributed by atoms with Crippen molar-refractivity contribution in [1.82, 2.24) is 4.98 Å². The van der Waals surface area contributed by atoms with E-state index in [0.717, 1.165) is 49.0 Å². The van der Waals surface area contributed by atoms with Gasteiger partial charge in [-0.1, -0.05) is 31.2 Å². The van der Waals surface area contributed by atoms with Gasteiger partial charge in [0.15, 0.2) is 0 Å². The fourth-order valence-electron chi connectivity index (χ4n) is 5.97. The van der Waals surface area contributed by atoms with Crippen LogP contribution in [0.5, 0.6) is 5.75 Å². The van der Waals surface area contributed by atoms with E-state index in [1.165, 1.54) is 12.3 Å². The van der Waals surface area contributed by atoms with E-state index in [1.54, 1.807) is 24.3 Å². The number of pyridine rings is 1. The van der Waals surface area contributed by atoms with Crippen molar-refractivity contribution < 1.29 is 32.6 Å². The Balaban J connectivity index is 1.26. The second-order valence-electron chi connectivity index (χ2n) is 11.8. The molecular formula is C34H38F3N3O4. The van der Waals surface area contributed by atoms with Crippen molar-refractivity contribution in [1.29, 1.82) is 0 Å². The maximum atomic E-state index is 13.7. The highest BCUT2D eigenvalue weighted by molar-refractivity contribution is 6.09. The molecule has 1 amide bonds. The summed E-state index contributed by atoms with van der Waals surface area (Å²) in [6, 6.07) is 17.6. The van der Waals surface area contributed by atoms with Gasteiger partial charge in [-0.15, -0.1) is 0 Å². The minimum Gasteiger partial charge on any atom is -0.493 e. The third-order valence-corrected chi connectivity index (χ3v) is 8.52. The Morgan fingerprint density at radius 1 is 1.05 bits per heavy atom. The predicted octanol–water partition coefficient (Wildman–Crippen LogP) is 7.12. The number of carbonyl (C=O) groups excluding carboxylic acids is 1. The molecule has 7 nitrogen and oxygen atoms in total.